The molecule has 2 aromatic rings. The van der Waals surface area contributed by atoms with Crippen LogP contribution < -0.4 is 9.21 Å². The van der Waals surface area contributed by atoms with E-state index in [2.05, 4.69) is 59.9 Å². The molecule has 6 aliphatic heterocycles. The molecule has 2 spiro atoms. The summed E-state index contributed by atoms with van der Waals surface area (Å²) in [5, 5.41) is 0. The Labute approximate surface area is 261 Å². The van der Waals surface area contributed by atoms with Crippen molar-refractivity contribution in [2.45, 2.75) is 87.9 Å². The third-order valence-corrected chi connectivity index (χ3v) is 13.4. The van der Waals surface area contributed by atoms with Crippen LogP contribution in [0.4, 0.5) is 11.4 Å². The normalized spacial score (nSPS) is 35.7. The molecule has 0 N–H and O–H groups in total. The van der Waals surface area contributed by atoms with Crippen LogP contribution in [0.1, 0.15) is 69.7 Å². The zero-order chi connectivity index (χ0) is 30.8. The van der Waals surface area contributed by atoms with E-state index in [0.717, 1.165) is 36.3 Å². The van der Waals surface area contributed by atoms with E-state index in [-0.39, 0.29) is 35.6 Å². The third kappa shape index (κ3) is 3.25. The number of fused-ring (bicyclic) bond motifs is 1. The number of sulfonamides is 1. The van der Waals surface area contributed by atoms with E-state index in [1.54, 1.807) is 10.4 Å². The van der Waals surface area contributed by atoms with Gasteiger partial charge in [-0.2, -0.15) is 0 Å². The fraction of sp³-hybridized carbons (Fsp3) is 0.514. The molecular weight excluding hydrogens is 572 g/mol. The molecule has 44 heavy (non-hydrogen) atoms. The van der Waals surface area contributed by atoms with Crippen molar-refractivity contribution in [3.63, 3.8) is 0 Å². The Kier molecular flexibility index (Phi) is 5.93. The van der Waals surface area contributed by atoms with E-state index in [0.29, 0.717) is 13.0 Å². The van der Waals surface area contributed by atoms with E-state index in [4.69, 9.17) is 4.74 Å². The van der Waals surface area contributed by atoms with Crippen molar-refractivity contribution in [1.82, 2.24) is 9.80 Å². The molecule has 9 heteroatoms. The molecule has 6 heterocycles. The number of benzene rings is 2. The molecule has 8 nitrogen and oxygen atoms in total. The fourth-order valence-electron chi connectivity index (χ4n) is 10.1. The van der Waals surface area contributed by atoms with Crippen LogP contribution in [0.3, 0.4) is 0 Å². The Balaban J connectivity index is 1.48. The minimum absolute atomic E-state index is 0.00523. The average molecular weight is 615 g/mol. The maximum atomic E-state index is 14.4. The lowest BCUT2D eigenvalue weighted by molar-refractivity contribution is -0.137. The molecule has 1 amide bonds. The minimum atomic E-state index is -3.67. The predicted octanol–water partition coefficient (Wildman–Crippen LogP) is 4.83. The van der Waals surface area contributed by atoms with Crippen LogP contribution in [0.15, 0.2) is 66.8 Å². The Morgan fingerprint density at radius 2 is 1.73 bits per heavy atom. The maximum absolute atomic E-state index is 14.4. The SMILES string of the molecule is C/C=C/C=C/C(=O)N1CC[C@@]23c4ccccc4N(S(=O)(=O)CCC)[C@@H]4N(C)c5cccc6c5[C@@]42CCN([C@@H]13)[C@@H]6[C@H]1OC1(C)C. The summed E-state index contributed by atoms with van der Waals surface area (Å²) in [7, 11) is -1.59. The number of hydrogen-bond acceptors (Lipinski definition) is 6. The quantitative estimate of drug-likeness (QED) is 0.264. The van der Waals surface area contributed by atoms with E-state index >= 15 is 0 Å². The summed E-state index contributed by atoms with van der Waals surface area (Å²) >= 11 is 0. The molecule has 3 saturated heterocycles. The van der Waals surface area contributed by atoms with Gasteiger partial charge in [0.25, 0.3) is 0 Å². The number of likely N-dealkylation sites (tertiary alicyclic amines) is 1. The maximum Gasteiger partial charge on any atom is 0.247 e. The highest BCUT2D eigenvalue weighted by molar-refractivity contribution is 7.92. The number of epoxide rings is 1. The lowest BCUT2D eigenvalue weighted by atomic mass is 9.50. The first-order valence-electron chi connectivity index (χ1n) is 16.1. The number of carbonyl (C=O) groups excluding carboxylic acids is 1. The number of allylic oxidation sites excluding steroid dienone is 3. The van der Waals surface area contributed by atoms with Crippen LogP contribution in [0, 0.1) is 0 Å². The van der Waals surface area contributed by atoms with Crippen LogP contribution in [0.5, 0.6) is 0 Å². The number of likely N-dealkylation sites (N-methyl/N-ethyl adjacent to an activating group) is 1. The topological polar surface area (TPSA) is 76.7 Å². The number of piperidine rings is 1. The van der Waals surface area contributed by atoms with Gasteiger partial charge in [-0.15, -0.1) is 0 Å². The fourth-order valence-corrected chi connectivity index (χ4v) is 11.9. The van der Waals surface area contributed by atoms with Gasteiger partial charge in [0.1, 0.15) is 12.3 Å². The number of rotatable bonds is 6. The van der Waals surface area contributed by atoms with Gasteiger partial charge in [-0.25, -0.2) is 12.7 Å². The second-order valence-electron chi connectivity index (χ2n) is 13.9. The second-order valence-corrected chi connectivity index (χ2v) is 15.9. The molecule has 2 bridgehead atoms. The van der Waals surface area contributed by atoms with Gasteiger partial charge in [-0.1, -0.05) is 55.5 Å². The Hall–Kier alpha value is -3.14. The van der Waals surface area contributed by atoms with Gasteiger partial charge in [-0.3, -0.25) is 9.69 Å². The highest BCUT2D eigenvalue weighted by Gasteiger charge is 2.79. The van der Waals surface area contributed by atoms with Gasteiger partial charge in [0.15, 0.2) is 0 Å². The number of amides is 1. The van der Waals surface area contributed by atoms with Crippen LogP contribution in [0.25, 0.3) is 0 Å². The predicted molar refractivity (Wildman–Crippen MR) is 172 cm³/mol. The van der Waals surface area contributed by atoms with Gasteiger partial charge < -0.3 is 14.5 Å². The molecule has 232 valence electrons. The van der Waals surface area contributed by atoms with Crippen LogP contribution >= 0.6 is 0 Å². The van der Waals surface area contributed by atoms with Crippen LogP contribution in [-0.2, 0) is 30.4 Å². The van der Waals surface area contributed by atoms with Gasteiger partial charge >= 0.3 is 0 Å². The number of carbonyl (C=O) groups is 1. The largest absolute Gasteiger partial charge is 0.365 e. The zero-order valence-electron chi connectivity index (χ0n) is 26.2. The standard InChI is InChI=1S/C35H42N4O4S/c1-6-8-9-17-27(40)37-20-18-34-24-14-10-11-15-25(24)39(44(41,42)22-7-2)31-35(34)19-21-38(32(34)37)29(30-33(3,4)43-30)23-13-12-16-26(28(23)35)36(31)5/h6,8-17,29-32H,7,18-22H2,1-5H3/b8-6+,17-9+/t29-,30+,31-,32+,34-,35-/m0/s1. The van der Waals surface area contributed by atoms with E-state index < -0.39 is 27.0 Å². The van der Waals surface area contributed by atoms with Gasteiger partial charge in [0.05, 0.1) is 34.7 Å². The lowest BCUT2D eigenvalue weighted by Gasteiger charge is -2.64. The highest BCUT2D eigenvalue weighted by Crippen LogP contribution is 2.73. The molecule has 1 unspecified atom stereocenters. The molecule has 2 aromatic carbocycles. The van der Waals surface area contributed by atoms with Gasteiger partial charge in [0.2, 0.25) is 15.9 Å². The molecular formula is C35H42N4O4S. The number of ether oxygens (including phenoxy) is 1. The smallest absolute Gasteiger partial charge is 0.247 e. The first kappa shape index (κ1) is 28.3. The molecule has 7 atom stereocenters. The number of hydrogen-bond donors (Lipinski definition) is 0. The van der Waals surface area contributed by atoms with Crippen molar-refractivity contribution in [1.29, 1.82) is 0 Å². The molecule has 8 rings (SSSR count). The van der Waals surface area contributed by atoms with Crippen molar-refractivity contribution in [2.24, 2.45) is 0 Å². The number of anilines is 2. The molecule has 0 saturated carbocycles. The average Bonchev–Trinajstić information content (AvgIpc) is 3.38. The summed E-state index contributed by atoms with van der Waals surface area (Å²) in [6.45, 7) is 9.54. The number of para-hydroxylation sites is 1. The van der Waals surface area contributed by atoms with Crippen LogP contribution in [-0.4, -0.2) is 74.1 Å². The molecule has 6 aliphatic rings. The lowest BCUT2D eigenvalue weighted by Crippen LogP contribution is -2.75. The van der Waals surface area contributed by atoms with E-state index in [9.17, 15) is 13.2 Å². The third-order valence-electron chi connectivity index (χ3n) is 11.5. The molecule has 0 aliphatic carbocycles. The van der Waals surface area contributed by atoms with Crippen molar-refractivity contribution < 1.29 is 17.9 Å². The Morgan fingerprint density at radius 1 is 1.00 bits per heavy atom. The molecule has 0 aromatic heterocycles. The summed E-state index contributed by atoms with van der Waals surface area (Å²) in [4.78, 5) is 21.0. The van der Waals surface area contributed by atoms with Crippen molar-refractivity contribution >= 4 is 27.3 Å². The Morgan fingerprint density at radius 3 is 2.45 bits per heavy atom. The van der Waals surface area contributed by atoms with E-state index in [1.165, 1.54) is 11.1 Å². The highest BCUT2D eigenvalue weighted by atomic mass is 32.2. The first-order chi connectivity index (χ1) is 21.1. The minimum Gasteiger partial charge on any atom is -0.365 e. The van der Waals surface area contributed by atoms with Crippen molar-refractivity contribution in [3.05, 3.63) is 83.5 Å². The van der Waals surface area contributed by atoms with Crippen molar-refractivity contribution in [2.75, 3.05) is 35.1 Å². The summed E-state index contributed by atoms with van der Waals surface area (Å²) in [5.74, 6) is 0.0787. The van der Waals surface area contributed by atoms with E-state index in [1.807, 2.05) is 50.3 Å². The first-order valence-corrected chi connectivity index (χ1v) is 17.7. The summed E-state index contributed by atoms with van der Waals surface area (Å²) in [6.07, 6.45) is 8.71. The second kappa shape index (κ2) is 9.21. The van der Waals surface area contributed by atoms with Gasteiger partial charge in [-0.05, 0) is 68.9 Å². The van der Waals surface area contributed by atoms with Crippen molar-refractivity contribution in [3.8, 4) is 0 Å². The van der Waals surface area contributed by atoms with Crippen LogP contribution in [0.2, 0.25) is 0 Å². The molecule has 0 radical (unpaired) electrons. The summed E-state index contributed by atoms with van der Waals surface area (Å²) < 4.78 is 37.1. The monoisotopic (exact) mass is 614 g/mol. The Bertz CT molecular complexity index is 1740. The van der Waals surface area contributed by atoms with Gasteiger partial charge in [0, 0.05) is 37.3 Å². The summed E-state index contributed by atoms with van der Waals surface area (Å²) in [5.41, 5.74) is 4.03. The molecule has 3 fully saturated rings. The zero-order valence-corrected chi connectivity index (χ0v) is 27.0. The summed E-state index contributed by atoms with van der Waals surface area (Å²) in [6, 6.07) is 14.6. The number of nitrogens with zero attached hydrogens (tertiary/aromatic N) is 4.